The summed E-state index contributed by atoms with van der Waals surface area (Å²) in [5.74, 6) is -4.10. The third kappa shape index (κ3) is 2.64. The van der Waals surface area contributed by atoms with Crippen molar-refractivity contribution in [3.63, 3.8) is 0 Å². The van der Waals surface area contributed by atoms with Gasteiger partial charge in [-0.15, -0.1) is 0 Å². The van der Waals surface area contributed by atoms with Crippen molar-refractivity contribution < 1.29 is 13.2 Å². The van der Waals surface area contributed by atoms with Gasteiger partial charge < -0.3 is 11.5 Å². The number of nitrogens with zero attached hydrogens (tertiary/aromatic N) is 1. The van der Waals surface area contributed by atoms with Crippen LogP contribution in [0.5, 0.6) is 0 Å². The number of halogens is 4. The summed E-state index contributed by atoms with van der Waals surface area (Å²) in [4.78, 5) is 3.79. The van der Waals surface area contributed by atoms with Crippen molar-refractivity contribution in [2.75, 3.05) is 5.73 Å². The highest BCUT2D eigenvalue weighted by Gasteiger charge is 2.18. The lowest BCUT2D eigenvalue weighted by Crippen LogP contribution is -2.15. The number of aromatic nitrogens is 1. The maximum absolute atomic E-state index is 13.2. The van der Waals surface area contributed by atoms with Gasteiger partial charge >= 0.3 is 0 Å². The van der Waals surface area contributed by atoms with E-state index in [-0.39, 0.29) is 16.4 Å². The lowest BCUT2D eigenvalue weighted by molar-refractivity contribution is 0.444. The summed E-state index contributed by atoms with van der Waals surface area (Å²) in [7, 11) is 0. The van der Waals surface area contributed by atoms with Crippen LogP contribution in [-0.2, 0) is 0 Å². The molecule has 0 aliphatic rings. The first-order valence-corrected chi connectivity index (χ1v) is 5.59. The maximum atomic E-state index is 13.2. The summed E-state index contributed by atoms with van der Waals surface area (Å²) in [5, 5.41) is 0.280. The molecule has 0 amide bonds. The largest absolute Gasteiger partial charge is 0.383 e. The fourth-order valence-electron chi connectivity index (χ4n) is 1.65. The van der Waals surface area contributed by atoms with Crippen LogP contribution < -0.4 is 11.5 Å². The molecule has 0 bridgehead atoms. The fraction of sp³-hybridized carbons (Fsp3) is 0.0833. The first-order valence-electron chi connectivity index (χ1n) is 5.21. The molecule has 1 aromatic carbocycles. The predicted octanol–water partition coefficient (Wildman–Crippen LogP) is 2.78. The predicted molar refractivity (Wildman–Crippen MR) is 66.0 cm³/mol. The minimum atomic E-state index is -1.55. The standard InChI is InChI=1S/C12H9ClF3N3/c13-6-3-7(12(18)19-4-6)11(17)5-1-8(14)10(16)9(15)2-5/h1-4,11H,17H2,(H2,18,19). The molecule has 3 nitrogen and oxygen atoms in total. The second kappa shape index (κ2) is 5.07. The van der Waals surface area contributed by atoms with Crippen LogP contribution in [-0.4, -0.2) is 4.98 Å². The molecule has 1 heterocycles. The van der Waals surface area contributed by atoms with Gasteiger partial charge in [-0.1, -0.05) is 11.6 Å². The Hall–Kier alpha value is -1.79. The Labute approximate surface area is 112 Å². The number of benzene rings is 1. The molecule has 1 aromatic heterocycles. The normalized spacial score (nSPS) is 12.5. The summed E-state index contributed by atoms with van der Waals surface area (Å²) < 4.78 is 39.2. The van der Waals surface area contributed by atoms with E-state index in [4.69, 9.17) is 23.1 Å². The quantitative estimate of drug-likeness (QED) is 0.835. The van der Waals surface area contributed by atoms with Gasteiger partial charge in [-0.25, -0.2) is 18.2 Å². The number of anilines is 1. The minimum absolute atomic E-state index is 0.0344. The van der Waals surface area contributed by atoms with Gasteiger partial charge in [-0.05, 0) is 23.8 Å². The number of pyridine rings is 1. The van der Waals surface area contributed by atoms with Crippen LogP contribution >= 0.6 is 11.6 Å². The molecule has 2 rings (SSSR count). The molecule has 7 heteroatoms. The van der Waals surface area contributed by atoms with Gasteiger partial charge in [-0.3, -0.25) is 0 Å². The van der Waals surface area contributed by atoms with E-state index in [0.717, 1.165) is 12.1 Å². The molecular weight excluding hydrogens is 279 g/mol. The molecule has 0 fully saturated rings. The summed E-state index contributed by atoms with van der Waals surface area (Å²) in [6.45, 7) is 0. The number of nitrogen functional groups attached to an aromatic ring is 1. The average molecular weight is 288 g/mol. The molecule has 0 aliphatic heterocycles. The molecule has 0 radical (unpaired) electrons. The van der Waals surface area contributed by atoms with Crippen LogP contribution in [0.15, 0.2) is 24.4 Å². The van der Waals surface area contributed by atoms with Crippen LogP contribution in [0.4, 0.5) is 19.0 Å². The summed E-state index contributed by atoms with van der Waals surface area (Å²) >= 11 is 5.75. The Kier molecular flexibility index (Phi) is 3.64. The summed E-state index contributed by atoms with van der Waals surface area (Å²) in [6.07, 6.45) is 1.32. The molecule has 0 saturated carbocycles. The van der Waals surface area contributed by atoms with E-state index < -0.39 is 23.5 Å². The van der Waals surface area contributed by atoms with Crippen LogP contribution in [0.2, 0.25) is 5.02 Å². The Bertz CT molecular complexity index is 611. The maximum Gasteiger partial charge on any atom is 0.194 e. The number of rotatable bonds is 2. The first kappa shape index (κ1) is 13.6. The number of nitrogens with two attached hydrogens (primary N) is 2. The van der Waals surface area contributed by atoms with Crippen molar-refractivity contribution in [1.82, 2.24) is 4.98 Å². The molecule has 2 aromatic rings. The van der Waals surface area contributed by atoms with Crippen molar-refractivity contribution in [3.05, 3.63) is 58.0 Å². The van der Waals surface area contributed by atoms with E-state index in [2.05, 4.69) is 4.98 Å². The zero-order chi connectivity index (χ0) is 14.2. The van der Waals surface area contributed by atoms with E-state index >= 15 is 0 Å². The van der Waals surface area contributed by atoms with Gasteiger partial charge in [0.15, 0.2) is 17.5 Å². The second-order valence-electron chi connectivity index (χ2n) is 3.90. The van der Waals surface area contributed by atoms with Crippen molar-refractivity contribution in [2.45, 2.75) is 6.04 Å². The van der Waals surface area contributed by atoms with Gasteiger partial charge in [0, 0.05) is 11.8 Å². The van der Waals surface area contributed by atoms with Crippen LogP contribution in [0, 0.1) is 17.5 Å². The van der Waals surface area contributed by atoms with Crippen LogP contribution in [0.25, 0.3) is 0 Å². The zero-order valence-corrected chi connectivity index (χ0v) is 10.3. The molecule has 1 unspecified atom stereocenters. The molecule has 1 atom stereocenters. The van der Waals surface area contributed by atoms with Crippen molar-refractivity contribution in [3.8, 4) is 0 Å². The molecule has 0 saturated heterocycles. The fourth-order valence-corrected chi connectivity index (χ4v) is 1.82. The van der Waals surface area contributed by atoms with Crippen molar-refractivity contribution in [2.24, 2.45) is 5.73 Å². The highest BCUT2D eigenvalue weighted by Crippen LogP contribution is 2.27. The topological polar surface area (TPSA) is 64.9 Å². The third-order valence-electron chi connectivity index (χ3n) is 2.62. The van der Waals surface area contributed by atoms with E-state index in [1.54, 1.807) is 0 Å². The number of hydrogen-bond donors (Lipinski definition) is 2. The molecule has 100 valence electrons. The van der Waals surface area contributed by atoms with Gasteiger partial charge in [-0.2, -0.15) is 0 Å². The van der Waals surface area contributed by atoms with E-state index in [1.807, 2.05) is 0 Å². The smallest absolute Gasteiger partial charge is 0.194 e. The lowest BCUT2D eigenvalue weighted by Gasteiger charge is -2.15. The molecule has 0 aliphatic carbocycles. The molecule has 19 heavy (non-hydrogen) atoms. The van der Waals surface area contributed by atoms with Gasteiger partial charge in [0.05, 0.1) is 11.1 Å². The minimum Gasteiger partial charge on any atom is -0.383 e. The highest BCUT2D eigenvalue weighted by atomic mass is 35.5. The Morgan fingerprint density at radius 3 is 2.26 bits per heavy atom. The van der Waals surface area contributed by atoms with Crippen LogP contribution in [0.1, 0.15) is 17.2 Å². The first-order chi connectivity index (χ1) is 8.90. The van der Waals surface area contributed by atoms with Gasteiger partial charge in [0.2, 0.25) is 0 Å². The van der Waals surface area contributed by atoms with Gasteiger partial charge in [0.1, 0.15) is 5.82 Å². The lowest BCUT2D eigenvalue weighted by atomic mass is 10.00. The summed E-state index contributed by atoms with van der Waals surface area (Å²) in [6, 6.07) is 2.09. The van der Waals surface area contributed by atoms with Crippen molar-refractivity contribution >= 4 is 17.4 Å². The van der Waals surface area contributed by atoms with Crippen molar-refractivity contribution in [1.29, 1.82) is 0 Å². The zero-order valence-electron chi connectivity index (χ0n) is 9.50. The molecule has 4 N–H and O–H groups in total. The van der Waals surface area contributed by atoms with E-state index in [1.165, 1.54) is 12.3 Å². The Morgan fingerprint density at radius 2 is 1.68 bits per heavy atom. The molecular formula is C12H9ClF3N3. The summed E-state index contributed by atoms with van der Waals surface area (Å²) in [5.41, 5.74) is 11.8. The highest BCUT2D eigenvalue weighted by molar-refractivity contribution is 6.30. The monoisotopic (exact) mass is 287 g/mol. The number of hydrogen-bond acceptors (Lipinski definition) is 3. The van der Waals surface area contributed by atoms with Crippen LogP contribution in [0.3, 0.4) is 0 Å². The van der Waals surface area contributed by atoms with E-state index in [0.29, 0.717) is 5.56 Å². The van der Waals surface area contributed by atoms with Gasteiger partial charge in [0.25, 0.3) is 0 Å². The second-order valence-corrected chi connectivity index (χ2v) is 4.34. The third-order valence-corrected chi connectivity index (χ3v) is 2.82. The van der Waals surface area contributed by atoms with E-state index in [9.17, 15) is 13.2 Å². The average Bonchev–Trinajstić information content (AvgIpc) is 2.37. The SMILES string of the molecule is Nc1ncc(Cl)cc1C(N)c1cc(F)c(F)c(F)c1. The molecule has 0 spiro atoms. The Morgan fingerprint density at radius 1 is 1.11 bits per heavy atom. The Balaban J connectivity index is 2.49.